The first-order chi connectivity index (χ1) is 12.8. The predicted octanol–water partition coefficient (Wildman–Crippen LogP) is 3.19. The molecule has 148 valence electrons. The lowest BCUT2D eigenvalue weighted by atomic mass is 9.98. The van der Waals surface area contributed by atoms with Crippen LogP contribution < -0.4 is 10.4 Å². The van der Waals surface area contributed by atoms with E-state index >= 15 is 0 Å². The van der Waals surface area contributed by atoms with Crippen molar-refractivity contribution in [2.75, 3.05) is 19.8 Å². The van der Waals surface area contributed by atoms with Crippen molar-refractivity contribution in [3.05, 3.63) is 60.7 Å². The maximum atomic E-state index is 9.40. The molecule has 2 rings (SSSR count). The van der Waals surface area contributed by atoms with Gasteiger partial charge in [0.2, 0.25) is 0 Å². The first-order valence-corrected chi connectivity index (χ1v) is 11.7. The largest absolute Gasteiger partial charge is 0.407 e. The minimum atomic E-state index is -2.51. The Morgan fingerprint density at radius 3 is 1.67 bits per heavy atom. The third kappa shape index (κ3) is 5.08. The number of rotatable bonds is 9. The van der Waals surface area contributed by atoms with Gasteiger partial charge in [0, 0.05) is 25.7 Å². The zero-order valence-corrected chi connectivity index (χ0v) is 18.1. The Bertz CT molecular complexity index is 624. The minimum Gasteiger partial charge on any atom is -0.407 e. The molecule has 0 aliphatic rings. The molecule has 0 aliphatic heterocycles. The summed E-state index contributed by atoms with van der Waals surface area (Å²) in [6, 6.07) is 21.2. The highest BCUT2D eigenvalue weighted by Crippen LogP contribution is 2.37. The molecule has 4 heteroatoms. The van der Waals surface area contributed by atoms with Crippen molar-refractivity contribution in [1.29, 1.82) is 0 Å². The smallest absolute Gasteiger partial charge is 0.261 e. The number of hydrogen-bond donors (Lipinski definition) is 2. The van der Waals surface area contributed by atoms with Crippen molar-refractivity contribution in [3.8, 4) is 0 Å². The van der Waals surface area contributed by atoms with E-state index in [0.29, 0.717) is 6.61 Å². The maximum Gasteiger partial charge on any atom is 0.261 e. The van der Waals surface area contributed by atoms with Gasteiger partial charge in [-0.2, -0.15) is 0 Å². The van der Waals surface area contributed by atoms with Gasteiger partial charge in [0.25, 0.3) is 8.32 Å². The topological polar surface area (TPSA) is 49.7 Å². The monoisotopic (exact) mass is 386 g/mol. The van der Waals surface area contributed by atoms with Gasteiger partial charge in [0.15, 0.2) is 0 Å². The fourth-order valence-corrected chi connectivity index (χ4v) is 8.56. The van der Waals surface area contributed by atoms with Crippen LogP contribution in [-0.2, 0) is 4.43 Å². The molecule has 0 radical (unpaired) electrons. The first kappa shape index (κ1) is 21.8. The molecule has 1 atom stereocenters. The maximum absolute atomic E-state index is 9.40. The fourth-order valence-electron chi connectivity index (χ4n) is 3.87. The Balaban J connectivity index is 2.41. The van der Waals surface area contributed by atoms with Gasteiger partial charge in [0.05, 0.1) is 0 Å². The highest BCUT2D eigenvalue weighted by molar-refractivity contribution is 6.99. The molecule has 2 N–H and O–H groups in total. The van der Waals surface area contributed by atoms with Crippen LogP contribution in [0.1, 0.15) is 34.1 Å². The highest BCUT2D eigenvalue weighted by atomic mass is 28.4. The zero-order chi connectivity index (χ0) is 19.9. The summed E-state index contributed by atoms with van der Waals surface area (Å²) in [7, 11) is -2.51. The number of hydrogen-bond acceptors (Lipinski definition) is 3. The average Bonchev–Trinajstić information content (AvgIpc) is 2.67. The molecule has 0 saturated carbocycles. The van der Waals surface area contributed by atoms with Gasteiger partial charge in [-0.3, -0.25) is 0 Å². The Morgan fingerprint density at radius 1 is 0.852 bits per heavy atom. The van der Waals surface area contributed by atoms with Crippen molar-refractivity contribution >= 4 is 18.7 Å². The summed E-state index contributed by atoms with van der Waals surface area (Å²) < 4.78 is 6.89. The molecular weight excluding hydrogens is 352 g/mol. The summed E-state index contributed by atoms with van der Waals surface area (Å²) in [5.41, 5.74) is 0. The third-order valence-corrected chi connectivity index (χ3v) is 10.3. The fraction of sp³-hybridized carbons (Fsp3) is 0.478. The lowest BCUT2D eigenvalue weighted by Gasteiger charge is -2.43. The molecule has 0 fully saturated rings. The van der Waals surface area contributed by atoms with Crippen LogP contribution in [-0.4, -0.2) is 38.4 Å². The highest BCUT2D eigenvalue weighted by Gasteiger charge is 2.50. The summed E-state index contributed by atoms with van der Waals surface area (Å²) in [6.07, 6.45) is 0.755. The van der Waals surface area contributed by atoms with Gasteiger partial charge in [-0.15, -0.1) is 0 Å². The van der Waals surface area contributed by atoms with Gasteiger partial charge in [-0.05, 0) is 27.8 Å². The zero-order valence-electron chi connectivity index (χ0n) is 17.1. The average molecular weight is 387 g/mol. The second-order valence-corrected chi connectivity index (χ2v) is 12.9. The van der Waals surface area contributed by atoms with E-state index in [1.165, 1.54) is 10.4 Å². The van der Waals surface area contributed by atoms with E-state index in [0.717, 1.165) is 6.42 Å². The lowest BCUT2D eigenvalue weighted by Crippen LogP contribution is -2.66. The predicted molar refractivity (Wildman–Crippen MR) is 115 cm³/mol. The van der Waals surface area contributed by atoms with E-state index in [2.05, 4.69) is 76.2 Å². The van der Waals surface area contributed by atoms with E-state index in [-0.39, 0.29) is 30.1 Å². The molecule has 2 aromatic rings. The van der Waals surface area contributed by atoms with Crippen molar-refractivity contribution in [1.82, 2.24) is 0 Å². The summed E-state index contributed by atoms with van der Waals surface area (Å²) in [6.45, 7) is 9.59. The summed E-state index contributed by atoms with van der Waals surface area (Å²) >= 11 is 0. The number of aliphatic hydroxyl groups excluding tert-OH is 2. The van der Waals surface area contributed by atoms with Crippen molar-refractivity contribution in [3.63, 3.8) is 0 Å². The molecule has 0 spiro atoms. The van der Waals surface area contributed by atoms with E-state index in [4.69, 9.17) is 4.43 Å². The summed E-state index contributed by atoms with van der Waals surface area (Å²) in [4.78, 5) is 0. The SMILES string of the molecule is C[C@H](CO[Si](c1ccccc1)(c1ccccc1)C(C)(C)C)CC(CO)CO. The quantitative estimate of drug-likeness (QED) is 0.651. The Hall–Kier alpha value is -1.46. The van der Waals surface area contributed by atoms with Crippen LogP contribution in [0.3, 0.4) is 0 Å². The summed E-state index contributed by atoms with van der Waals surface area (Å²) in [5, 5.41) is 21.3. The van der Waals surface area contributed by atoms with Crippen molar-refractivity contribution in [2.45, 2.75) is 39.2 Å². The van der Waals surface area contributed by atoms with Crippen LogP contribution in [0, 0.1) is 11.8 Å². The molecule has 3 nitrogen and oxygen atoms in total. The second kappa shape index (κ2) is 9.65. The molecule has 0 heterocycles. The van der Waals surface area contributed by atoms with Gasteiger partial charge in [-0.1, -0.05) is 88.4 Å². The van der Waals surface area contributed by atoms with Gasteiger partial charge >= 0.3 is 0 Å². The lowest BCUT2D eigenvalue weighted by molar-refractivity contribution is 0.119. The molecular formula is C23H34O3Si. The van der Waals surface area contributed by atoms with Crippen molar-refractivity contribution in [2.24, 2.45) is 11.8 Å². The summed E-state index contributed by atoms with van der Waals surface area (Å²) in [5.74, 6) is 0.179. The molecule has 2 aromatic carbocycles. The van der Waals surface area contributed by atoms with Crippen molar-refractivity contribution < 1.29 is 14.6 Å². The first-order valence-electron chi connectivity index (χ1n) is 9.82. The van der Waals surface area contributed by atoms with Crippen LogP contribution in [0.25, 0.3) is 0 Å². The third-order valence-electron chi connectivity index (χ3n) is 5.25. The van der Waals surface area contributed by atoms with E-state index in [9.17, 15) is 10.2 Å². The van der Waals surface area contributed by atoms with Crippen LogP contribution in [0.5, 0.6) is 0 Å². The molecule has 0 bridgehead atoms. The van der Waals surface area contributed by atoms with Crippen LogP contribution in [0.2, 0.25) is 5.04 Å². The molecule has 27 heavy (non-hydrogen) atoms. The van der Waals surface area contributed by atoms with Gasteiger partial charge in [0.1, 0.15) is 0 Å². The van der Waals surface area contributed by atoms with Crippen LogP contribution >= 0.6 is 0 Å². The van der Waals surface area contributed by atoms with E-state index in [1.807, 2.05) is 12.1 Å². The standard InChI is InChI=1S/C23H34O3Si/c1-19(15-20(16-24)17-25)18-26-27(23(2,3)4,21-11-7-5-8-12-21)22-13-9-6-10-14-22/h5-14,19-20,24-25H,15-18H2,1-4H3/t19-/m0/s1. The number of aliphatic hydroxyl groups is 2. The van der Waals surface area contributed by atoms with Crippen LogP contribution in [0.4, 0.5) is 0 Å². The molecule has 0 aromatic heterocycles. The Kier molecular flexibility index (Phi) is 7.80. The van der Waals surface area contributed by atoms with E-state index < -0.39 is 8.32 Å². The molecule has 0 amide bonds. The normalized spacial score (nSPS) is 13.7. The number of benzene rings is 2. The van der Waals surface area contributed by atoms with Gasteiger partial charge < -0.3 is 14.6 Å². The Morgan fingerprint density at radius 2 is 1.30 bits per heavy atom. The minimum absolute atomic E-state index is 0.0139. The van der Waals surface area contributed by atoms with E-state index in [1.54, 1.807) is 0 Å². The molecule has 0 saturated heterocycles. The molecule has 0 unspecified atom stereocenters. The Labute approximate surface area is 165 Å². The van der Waals surface area contributed by atoms with Gasteiger partial charge in [-0.25, -0.2) is 0 Å². The van der Waals surface area contributed by atoms with Crippen LogP contribution in [0.15, 0.2) is 60.7 Å². The molecule has 0 aliphatic carbocycles. The second-order valence-electron chi connectivity index (χ2n) is 8.55.